The van der Waals surface area contributed by atoms with Crippen molar-refractivity contribution in [3.8, 4) is 0 Å². The Morgan fingerprint density at radius 3 is 2.54 bits per heavy atom. The number of hydrogen-bond acceptors (Lipinski definition) is 2. The zero-order valence-electron chi connectivity index (χ0n) is 8.16. The van der Waals surface area contributed by atoms with Crippen LogP contribution in [0.5, 0.6) is 0 Å². The monoisotopic (exact) mass is 178 g/mol. The van der Waals surface area contributed by atoms with E-state index >= 15 is 0 Å². The summed E-state index contributed by atoms with van der Waals surface area (Å²) in [5.41, 5.74) is 6.83. The Kier molecular flexibility index (Phi) is 4.50. The molecule has 0 saturated carbocycles. The summed E-state index contributed by atoms with van der Waals surface area (Å²) in [6.45, 7) is 0.769. The van der Waals surface area contributed by atoms with E-state index in [2.05, 4.69) is 29.6 Å². The lowest BCUT2D eigenvalue weighted by atomic mass is 10.0. The molecule has 2 nitrogen and oxygen atoms in total. The summed E-state index contributed by atoms with van der Waals surface area (Å²) in [7, 11) is 1.99. The van der Waals surface area contributed by atoms with E-state index < -0.39 is 0 Å². The van der Waals surface area contributed by atoms with Crippen molar-refractivity contribution in [2.45, 2.75) is 18.9 Å². The fraction of sp³-hybridized carbons (Fsp3) is 0.455. The van der Waals surface area contributed by atoms with Gasteiger partial charge in [0.1, 0.15) is 0 Å². The SMILES string of the molecule is CNC(CCCN)c1ccccc1. The topological polar surface area (TPSA) is 38.0 Å². The average Bonchev–Trinajstić information content (AvgIpc) is 2.21. The maximum atomic E-state index is 5.48. The van der Waals surface area contributed by atoms with Crippen molar-refractivity contribution >= 4 is 0 Å². The Morgan fingerprint density at radius 2 is 2.00 bits per heavy atom. The number of benzene rings is 1. The van der Waals surface area contributed by atoms with Gasteiger partial charge in [-0.1, -0.05) is 30.3 Å². The largest absolute Gasteiger partial charge is 0.330 e. The molecule has 0 spiro atoms. The van der Waals surface area contributed by atoms with E-state index in [9.17, 15) is 0 Å². The molecule has 1 aromatic carbocycles. The first kappa shape index (κ1) is 10.2. The van der Waals surface area contributed by atoms with Crippen LogP contribution in [0, 0.1) is 0 Å². The van der Waals surface area contributed by atoms with E-state index in [1.54, 1.807) is 0 Å². The summed E-state index contributed by atoms with van der Waals surface area (Å²) >= 11 is 0. The van der Waals surface area contributed by atoms with Crippen LogP contribution >= 0.6 is 0 Å². The summed E-state index contributed by atoms with van der Waals surface area (Å²) in [5, 5.41) is 3.30. The maximum Gasteiger partial charge on any atom is 0.0317 e. The Balaban J connectivity index is 2.56. The van der Waals surface area contributed by atoms with Crippen LogP contribution in [0.3, 0.4) is 0 Å². The lowest BCUT2D eigenvalue weighted by molar-refractivity contribution is 0.531. The molecule has 72 valence electrons. The van der Waals surface area contributed by atoms with Gasteiger partial charge >= 0.3 is 0 Å². The molecule has 0 aliphatic heterocycles. The Labute approximate surface area is 80.1 Å². The van der Waals surface area contributed by atoms with Crippen molar-refractivity contribution in [2.75, 3.05) is 13.6 Å². The molecule has 0 amide bonds. The minimum Gasteiger partial charge on any atom is -0.330 e. The van der Waals surface area contributed by atoms with Crippen LogP contribution in [-0.2, 0) is 0 Å². The minimum atomic E-state index is 0.449. The first-order valence-corrected chi connectivity index (χ1v) is 4.80. The second-order valence-electron chi connectivity index (χ2n) is 3.18. The third-order valence-corrected chi connectivity index (χ3v) is 2.25. The Bertz CT molecular complexity index is 221. The Morgan fingerprint density at radius 1 is 1.31 bits per heavy atom. The minimum absolute atomic E-state index is 0.449. The molecule has 0 heterocycles. The van der Waals surface area contributed by atoms with Crippen LogP contribution in [-0.4, -0.2) is 13.6 Å². The van der Waals surface area contributed by atoms with Gasteiger partial charge in [-0.15, -0.1) is 0 Å². The molecule has 0 radical (unpaired) electrons. The van der Waals surface area contributed by atoms with E-state index in [1.165, 1.54) is 5.56 Å². The maximum absolute atomic E-state index is 5.48. The van der Waals surface area contributed by atoms with Gasteiger partial charge in [-0.3, -0.25) is 0 Å². The van der Waals surface area contributed by atoms with Gasteiger partial charge in [-0.05, 0) is 32.0 Å². The summed E-state index contributed by atoms with van der Waals surface area (Å²) in [6.07, 6.45) is 2.18. The molecule has 0 fully saturated rings. The standard InChI is InChI=1S/C11H18N2/c1-13-11(8-5-9-12)10-6-3-2-4-7-10/h2-4,6-7,11,13H,5,8-9,12H2,1H3. The lowest BCUT2D eigenvalue weighted by Gasteiger charge is -2.15. The highest BCUT2D eigenvalue weighted by molar-refractivity contribution is 5.18. The van der Waals surface area contributed by atoms with Crippen molar-refractivity contribution in [2.24, 2.45) is 5.73 Å². The van der Waals surface area contributed by atoms with Crippen LogP contribution in [0.25, 0.3) is 0 Å². The van der Waals surface area contributed by atoms with E-state index in [4.69, 9.17) is 5.73 Å². The lowest BCUT2D eigenvalue weighted by Crippen LogP contribution is -2.17. The predicted molar refractivity (Wildman–Crippen MR) is 56.5 cm³/mol. The first-order valence-electron chi connectivity index (χ1n) is 4.80. The molecule has 1 rings (SSSR count). The molecule has 0 aliphatic carbocycles. The fourth-order valence-electron chi connectivity index (χ4n) is 1.48. The molecule has 1 unspecified atom stereocenters. The third-order valence-electron chi connectivity index (χ3n) is 2.25. The van der Waals surface area contributed by atoms with Gasteiger partial charge < -0.3 is 11.1 Å². The highest BCUT2D eigenvalue weighted by Gasteiger charge is 2.06. The fourth-order valence-corrected chi connectivity index (χ4v) is 1.48. The van der Waals surface area contributed by atoms with Crippen molar-refractivity contribution in [1.82, 2.24) is 5.32 Å². The Hall–Kier alpha value is -0.860. The van der Waals surface area contributed by atoms with Crippen molar-refractivity contribution in [3.05, 3.63) is 35.9 Å². The first-order chi connectivity index (χ1) is 6.38. The molecular formula is C11H18N2. The normalized spacial score (nSPS) is 12.8. The summed E-state index contributed by atoms with van der Waals surface area (Å²) in [5.74, 6) is 0. The molecule has 0 aromatic heterocycles. The number of nitrogens with one attached hydrogen (secondary N) is 1. The van der Waals surface area contributed by atoms with Gasteiger partial charge in [0.05, 0.1) is 0 Å². The predicted octanol–water partition coefficient (Wildman–Crippen LogP) is 1.69. The van der Waals surface area contributed by atoms with Gasteiger partial charge in [0.15, 0.2) is 0 Å². The van der Waals surface area contributed by atoms with E-state index in [1.807, 2.05) is 13.1 Å². The van der Waals surface area contributed by atoms with Crippen LogP contribution in [0.2, 0.25) is 0 Å². The van der Waals surface area contributed by atoms with Crippen LogP contribution in [0.1, 0.15) is 24.4 Å². The van der Waals surface area contributed by atoms with E-state index in [0.29, 0.717) is 6.04 Å². The summed E-state index contributed by atoms with van der Waals surface area (Å²) < 4.78 is 0. The van der Waals surface area contributed by atoms with E-state index in [0.717, 1.165) is 19.4 Å². The van der Waals surface area contributed by atoms with Gasteiger partial charge in [0.25, 0.3) is 0 Å². The molecule has 13 heavy (non-hydrogen) atoms. The molecule has 0 bridgehead atoms. The molecule has 0 saturated heterocycles. The zero-order chi connectivity index (χ0) is 9.52. The van der Waals surface area contributed by atoms with Crippen molar-refractivity contribution in [3.63, 3.8) is 0 Å². The summed E-state index contributed by atoms with van der Waals surface area (Å²) in [4.78, 5) is 0. The molecular weight excluding hydrogens is 160 g/mol. The van der Waals surface area contributed by atoms with Gasteiger partial charge in [-0.2, -0.15) is 0 Å². The van der Waals surface area contributed by atoms with Gasteiger partial charge in [-0.25, -0.2) is 0 Å². The van der Waals surface area contributed by atoms with Crippen LogP contribution < -0.4 is 11.1 Å². The zero-order valence-corrected chi connectivity index (χ0v) is 8.16. The second kappa shape index (κ2) is 5.73. The van der Waals surface area contributed by atoms with E-state index in [-0.39, 0.29) is 0 Å². The number of rotatable bonds is 5. The van der Waals surface area contributed by atoms with Crippen LogP contribution in [0.15, 0.2) is 30.3 Å². The third kappa shape index (κ3) is 3.17. The number of nitrogens with two attached hydrogens (primary N) is 1. The highest BCUT2D eigenvalue weighted by atomic mass is 14.9. The van der Waals surface area contributed by atoms with Crippen molar-refractivity contribution < 1.29 is 0 Å². The highest BCUT2D eigenvalue weighted by Crippen LogP contribution is 2.16. The summed E-state index contributed by atoms with van der Waals surface area (Å²) in [6, 6.07) is 10.9. The van der Waals surface area contributed by atoms with Crippen molar-refractivity contribution in [1.29, 1.82) is 0 Å². The smallest absolute Gasteiger partial charge is 0.0317 e. The molecule has 1 aromatic rings. The quantitative estimate of drug-likeness (QED) is 0.720. The molecule has 1 atom stereocenters. The second-order valence-corrected chi connectivity index (χ2v) is 3.18. The molecule has 0 aliphatic rings. The van der Waals surface area contributed by atoms with Gasteiger partial charge in [0.2, 0.25) is 0 Å². The average molecular weight is 178 g/mol. The van der Waals surface area contributed by atoms with Crippen LogP contribution in [0.4, 0.5) is 0 Å². The van der Waals surface area contributed by atoms with Gasteiger partial charge in [0, 0.05) is 6.04 Å². The molecule has 3 N–H and O–H groups in total. The molecule has 2 heteroatoms. The number of hydrogen-bond donors (Lipinski definition) is 2.